The average Bonchev–Trinajstić information content (AvgIpc) is 2.84. The van der Waals surface area contributed by atoms with Crippen LogP contribution in [-0.4, -0.2) is 20.8 Å². The number of hydrogen-bond donors (Lipinski definition) is 0. The van der Waals surface area contributed by atoms with Crippen molar-refractivity contribution in [1.82, 2.24) is 0 Å². The summed E-state index contributed by atoms with van der Waals surface area (Å²) in [6.07, 6.45) is 3.42. The Balaban J connectivity index is 1.47. The van der Waals surface area contributed by atoms with Crippen LogP contribution in [0.4, 0.5) is 11.4 Å². The number of sulfone groups is 1. The minimum atomic E-state index is -3.62. The Morgan fingerprint density at radius 1 is 0.515 bits per heavy atom. The first-order valence-electron chi connectivity index (χ1n) is 9.95. The number of hydrogen-bond acceptors (Lipinski definition) is 4. The summed E-state index contributed by atoms with van der Waals surface area (Å²) in [4.78, 5) is 9.29. The first kappa shape index (κ1) is 23.3. The van der Waals surface area contributed by atoms with Gasteiger partial charge in [-0.05, 0) is 83.9 Å². The van der Waals surface area contributed by atoms with Crippen molar-refractivity contribution in [1.29, 1.82) is 0 Å². The van der Waals surface area contributed by atoms with Crippen LogP contribution in [0, 0.1) is 0 Å². The highest BCUT2D eigenvalue weighted by atomic mass is 79.9. The van der Waals surface area contributed by atoms with Gasteiger partial charge in [-0.15, -0.1) is 0 Å². The lowest BCUT2D eigenvalue weighted by atomic mass is 10.2. The molecule has 0 saturated carbocycles. The number of rotatable bonds is 6. The first-order chi connectivity index (χ1) is 15.9. The van der Waals surface area contributed by atoms with Crippen molar-refractivity contribution < 1.29 is 8.42 Å². The second kappa shape index (κ2) is 10.4. The Morgan fingerprint density at radius 3 is 1.18 bits per heavy atom. The summed E-state index contributed by atoms with van der Waals surface area (Å²) in [6.45, 7) is 0. The van der Waals surface area contributed by atoms with Gasteiger partial charge in [0.25, 0.3) is 0 Å². The predicted octanol–water partition coefficient (Wildman–Crippen LogP) is 7.55. The Hall–Kier alpha value is -2.87. The maximum Gasteiger partial charge on any atom is 0.206 e. The summed E-state index contributed by atoms with van der Waals surface area (Å²) in [5.41, 5.74) is 3.27. The Labute approximate surface area is 209 Å². The number of nitrogens with zero attached hydrogens (tertiary/aromatic N) is 2. The summed E-state index contributed by atoms with van der Waals surface area (Å²) in [5.74, 6) is 0. The van der Waals surface area contributed by atoms with Gasteiger partial charge in [0.05, 0.1) is 21.2 Å². The van der Waals surface area contributed by atoms with E-state index in [1.54, 1.807) is 61.0 Å². The van der Waals surface area contributed by atoms with E-state index in [4.69, 9.17) is 0 Å². The molecule has 4 aromatic rings. The van der Waals surface area contributed by atoms with Crippen LogP contribution in [-0.2, 0) is 9.84 Å². The molecule has 0 N–H and O–H groups in total. The summed E-state index contributed by atoms with van der Waals surface area (Å²) in [5, 5.41) is 0. The Morgan fingerprint density at radius 2 is 0.848 bits per heavy atom. The standard InChI is InChI=1S/C26H18Br2N2O2S/c27-21-5-9-23(10-6-21)29-17-19-1-13-25(14-2-19)33(31,32)26-15-3-20(4-16-26)18-30-24-11-7-22(28)8-12-24/h1-18H. The highest BCUT2D eigenvalue weighted by molar-refractivity contribution is 9.10. The second-order valence-electron chi connectivity index (χ2n) is 7.11. The lowest BCUT2D eigenvalue weighted by molar-refractivity contribution is 0.596. The fourth-order valence-corrected chi connectivity index (χ4v) is 4.74. The van der Waals surface area contributed by atoms with E-state index < -0.39 is 9.84 Å². The van der Waals surface area contributed by atoms with Crippen LogP contribution in [0.2, 0.25) is 0 Å². The van der Waals surface area contributed by atoms with Crippen molar-refractivity contribution in [2.75, 3.05) is 0 Å². The summed E-state index contributed by atoms with van der Waals surface area (Å²) in [7, 11) is -3.62. The lowest BCUT2D eigenvalue weighted by Gasteiger charge is -2.05. The Kier molecular flexibility index (Phi) is 7.33. The molecule has 0 bridgehead atoms. The molecular weight excluding hydrogens is 564 g/mol. The zero-order chi connectivity index (χ0) is 23.3. The van der Waals surface area contributed by atoms with E-state index >= 15 is 0 Å². The molecule has 0 radical (unpaired) electrons. The van der Waals surface area contributed by atoms with Gasteiger partial charge in [-0.3, -0.25) is 9.98 Å². The third-order valence-corrected chi connectivity index (χ3v) is 7.60. The van der Waals surface area contributed by atoms with E-state index in [-0.39, 0.29) is 9.79 Å². The minimum absolute atomic E-state index is 0.236. The quantitative estimate of drug-likeness (QED) is 0.221. The molecular formula is C26H18Br2N2O2S. The van der Waals surface area contributed by atoms with Crippen molar-refractivity contribution in [3.05, 3.63) is 117 Å². The minimum Gasteiger partial charge on any atom is -0.256 e. The number of benzene rings is 4. The molecule has 7 heteroatoms. The van der Waals surface area contributed by atoms with Crippen molar-refractivity contribution in [2.45, 2.75) is 9.79 Å². The van der Waals surface area contributed by atoms with Gasteiger partial charge in [0.2, 0.25) is 9.84 Å². The highest BCUT2D eigenvalue weighted by Gasteiger charge is 2.17. The normalized spacial score (nSPS) is 11.9. The second-order valence-corrected chi connectivity index (χ2v) is 10.9. The molecule has 0 aliphatic rings. The van der Waals surface area contributed by atoms with Crippen molar-refractivity contribution >= 4 is 65.5 Å². The van der Waals surface area contributed by atoms with Crippen molar-refractivity contribution in [2.24, 2.45) is 9.98 Å². The molecule has 0 aliphatic carbocycles. The summed E-state index contributed by atoms with van der Waals surface area (Å²) in [6, 6.07) is 28.6. The number of halogens is 2. The van der Waals surface area contributed by atoms with Gasteiger partial charge in [-0.1, -0.05) is 56.1 Å². The fraction of sp³-hybridized carbons (Fsp3) is 0. The van der Waals surface area contributed by atoms with Crippen LogP contribution in [0.5, 0.6) is 0 Å². The molecule has 0 fully saturated rings. The zero-order valence-corrected chi connectivity index (χ0v) is 21.3. The van der Waals surface area contributed by atoms with Gasteiger partial charge >= 0.3 is 0 Å². The maximum atomic E-state index is 13.0. The van der Waals surface area contributed by atoms with Gasteiger partial charge in [0.15, 0.2) is 0 Å². The molecule has 0 aliphatic heterocycles. The van der Waals surface area contributed by atoms with Gasteiger partial charge in [0.1, 0.15) is 0 Å². The van der Waals surface area contributed by atoms with E-state index in [9.17, 15) is 8.42 Å². The molecule has 0 spiro atoms. The van der Waals surface area contributed by atoms with Crippen molar-refractivity contribution in [3.63, 3.8) is 0 Å². The molecule has 0 amide bonds. The third kappa shape index (κ3) is 6.13. The Bertz CT molecular complexity index is 1290. The molecule has 33 heavy (non-hydrogen) atoms. The molecule has 0 heterocycles. The van der Waals surface area contributed by atoms with Crippen LogP contribution < -0.4 is 0 Å². The topological polar surface area (TPSA) is 58.9 Å². The average molecular weight is 582 g/mol. The van der Waals surface area contributed by atoms with E-state index in [2.05, 4.69) is 41.8 Å². The first-order valence-corrected chi connectivity index (χ1v) is 13.0. The van der Waals surface area contributed by atoms with E-state index in [0.29, 0.717) is 0 Å². The van der Waals surface area contributed by atoms with Crippen molar-refractivity contribution in [3.8, 4) is 0 Å². The molecule has 4 aromatic carbocycles. The highest BCUT2D eigenvalue weighted by Crippen LogP contribution is 2.22. The third-order valence-electron chi connectivity index (χ3n) is 4.76. The predicted molar refractivity (Wildman–Crippen MR) is 141 cm³/mol. The van der Waals surface area contributed by atoms with Gasteiger partial charge in [0, 0.05) is 21.4 Å². The zero-order valence-electron chi connectivity index (χ0n) is 17.3. The molecule has 4 rings (SSSR count). The van der Waals surface area contributed by atoms with E-state index in [1.165, 1.54) is 0 Å². The van der Waals surface area contributed by atoms with Crippen LogP contribution in [0.1, 0.15) is 11.1 Å². The largest absolute Gasteiger partial charge is 0.256 e. The summed E-state index contributed by atoms with van der Waals surface area (Å²) >= 11 is 6.79. The molecule has 0 unspecified atom stereocenters. The van der Waals surface area contributed by atoms with Crippen LogP contribution >= 0.6 is 31.9 Å². The van der Waals surface area contributed by atoms with Gasteiger partial charge in [-0.25, -0.2) is 8.42 Å². The monoisotopic (exact) mass is 580 g/mol. The molecule has 164 valence electrons. The van der Waals surface area contributed by atoms with E-state index in [0.717, 1.165) is 31.4 Å². The maximum absolute atomic E-state index is 13.0. The molecule has 0 aromatic heterocycles. The molecule has 4 nitrogen and oxygen atoms in total. The van der Waals surface area contributed by atoms with Crippen LogP contribution in [0.15, 0.2) is 126 Å². The molecule has 0 atom stereocenters. The van der Waals surface area contributed by atoms with Crippen LogP contribution in [0.25, 0.3) is 0 Å². The lowest BCUT2D eigenvalue weighted by Crippen LogP contribution is -2.02. The smallest absolute Gasteiger partial charge is 0.206 e. The number of aliphatic imine (C=N–C) groups is 2. The SMILES string of the molecule is O=S(=O)(c1ccc(C=Nc2ccc(Br)cc2)cc1)c1ccc(C=Nc2ccc(Br)cc2)cc1. The summed E-state index contributed by atoms with van der Waals surface area (Å²) < 4.78 is 28.0. The van der Waals surface area contributed by atoms with Gasteiger partial charge < -0.3 is 0 Å². The van der Waals surface area contributed by atoms with Crippen LogP contribution in [0.3, 0.4) is 0 Å². The fourth-order valence-electron chi connectivity index (χ4n) is 2.95. The van der Waals surface area contributed by atoms with Gasteiger partial charge in [-0.2, -0.15) is 0 Å². The molecule has 0 saturated heterocycles. The van der Waals surface area contributed by atoms with E-state index in [1.807, 2.05) is 48.5 Å².